The highest BCUT2D eigenvalue weighted by molar-refractivity contribution is 7.87. The first kappa shape index (κ1) is 26.7. The van der Waals surface area contributed by atoms with Gasteiger partial charge in [-0.2, -0.15) is 8.42 Å². The molecule has 1 amide bonds. The summed E-state index contributed by atoms with van der Waals surface area (Å²) in [6.07, 6.45) is 0. The molecule has 4 aromatic carbocycles. The lowest BCUT2D eigenvalue weighted by Gasteiger charge is -2.24. The van der Waals surface area contributed by atoms with Gasteiger partial charge in [0.2, 0.25) is 0 Å². The second kappa shape index (κ2) is 11.4. The quantitative estimate of drug-likeness (QED) is 0.254. The van der Waals surface area contributed by atoms with E-state index in [1.54, 1.807) is 6.07 Å². The van der Waals surface area contributed by atoms with E-state index in [4.69, 9.17) is 8.92 Å². The number of methoxy groups -OCH3 is 1. The number of halogens is 3. The van der Waals surface area contributed by atoms with Crippen molar-refractivity contribution < 1.29 is 35.3 Å². The molecule has 0 aromatic heterocycles. The molecule has 196 valence electrons. The smallest absolute Gasteiger partial charge is 0.339 e. The normalized spacial score (nSPS) is 11.2. The zero-order valence-electron chi connectivity index (χ0n) is 20.1. The predicted octanol–water partition coefficient (Wildman–Crippen LogP) is 5.72. The summed E-state index contributed by atoms with van der Waals surface area (Å²) in [7, 11) is -2.99. The van der Waals surface area contributed by atoms with E-state index in [1.807, 2.05) is 0 Å². The van der Waals surface area contributed by atoms with Crippen LogP contribution in [0.3, 0.4) is 0 Å². The van der Waals surface area contributed by atoms with Gasteiger partial charge in [0.25, 0.3) is 5.91 Å². The Balaban J connectivity index is 1.66. The summed E-state index contributed by atoms with van der Waals surface area (Å²) in [6.45, 7) is 0.0371. The summed E-state index contributed by atoms with van der Waals surface area (Å²) >= 11 is 0. The van der Waals surface area contributed by atoms with Crippen LogP contribution in [0, 0.1) is 17.5 Å². The molecule has 4 rings (SSSR count). The van der Waals surface area contributed by atoms with E-state index >= 15 is 0 Å². The molecule has 10 heteroatoms. The van der Waals surface area contributed by atoms with Crippen LogP contribution in [0.5, 0.6) is 11.5 Å². The van der Waals surface area contributed by atoms with Crippen molar-refractivity contribution in [2.24, 2.45) is 0 Å². The van der Waals surface area contributed by atoms with Gasteiger partial charge in [0.1, 0.15) is 22.3 Å². The lowest BCUT2D eigenvalue weighted by atomic mass is 10.1. The Morgan fingerprint density at radius 1 is 0.737 bits per heavy atom. The first-order chi connectivity index (χ1) is 18.1. The number of carbonyl (C=O) groups is 1. The summed E-state index contributed by atoms with van der Waals surface area (Å²) in [5.41, 5.74) is 1.21. The van der Waals surface area contributed by atoms with Crippen LogP contribution >= 0.6 is 0 Å². The van der Waals surface area contributed by atoms with E-state index in [1.165, 1.54) is 66.6 Å². The van der Waals surface area contributed by atoms with Crippen molar-refractivity contribution in [2.45, 2.75) is 18.0 Å². The lowest BCUT2D eigenvalue weighted by molar-refractivity contribution is 0.0729. The average Bonchev–Trinajstić information content (AvgIpc) is 2.89. The van der Waals surface area contributed by atoms with Crippen LogP contribution in [0.4, 0.5) is 13.2 Å². The second-order valence-corrected chi connectivity index (χ2v) is 9.82. The molecule has 0 aliphatic rings. The largest absolute Gasteiger partial charge is 0.493 e. The van der Waals surface area contributed by atoms with Gasteiger partial charge in [-0.25, -0.2) is 13.2 Å². The molecule has 4 aromatic rings. The second-order valence-electron chi connectivity index (χ2n) is 8.27. The molecule has 6 nitrogen and oxygen atoms in total. The predicted molar refractivity (Wildman–Crippen MR) is 134 cm³/mol. The van der Waals surface area contributed by atoms with E-state index < -0.39 is 33.5 Å². The molecular formula is C28H22F3NO5S. The van der Waals surface area contributed by atoms with Gasteiger partial charge < -0.3 is 13.8 Å². The Labute approximate surface area is 218 Å². The van der Waals surface area contributed by atoms with Crippen LogP contribution in [0.15, 0.2) is 95.9 Å². The van der Waals surface area contributed by atoms with Crippen LogP contribution < -0.4 is 8.92 Å². The first-order valence-electron chi connectivity index (χ1n) is 11.3. The van der Waals surface area contributed by atoms with Crippen molar-refractivity contribution in [3.05, 3.63) is 125 Å². The van der Waals surface area contributed by atoms with Crippen molar-refractivity contribution in [1.82, 2.24) is 4.90 Å². The number of rotatable bonds is 9. The van der Waals surface area contributed by atoms with Gasteiger partial charge in [-0.3, -0.25) is 4.79 Å². The summed E-state index contributed by atoms with van der Waals surface area (Å²) in [5.74, 6) is -2.14. The minimum absolute atomic E-state index is 0.0241. The van der Waals surface area contributed by atoms with Crippen molar-refractivity contribution in [1.29, 1.82) is 0 Å². The maximum atomic E-state index is 13.8. The molecule has 0 unspecified atom stereocenters. The number of hydrogen-bond acceptors (Lipinski definition) is 5. The van der Waals surface area contributed by atoms with Crippen LogP contribution in [0.25, 0.3) is 0 Å². The van der Waals surface area contributed by atoms with E-state index in [-0.39, 0.29) is 35.0 Å². The lowest BCUT2D eigenvalue weighted by Crippen LogP contribution is -2.30. The highest BCUT2D eigenvalue weighted by atomic mass is 32.2. The number of amides is 1. The van der Waals surface area contributed by atoms with Crippen molar-refractivity contribution in [3.8, 4) is 11.5 Å². The van der Waals surface area contributed by atoms with Gasteiger partial charge in [-0.05, 0) is 77.9 Å². The SMILES string of the molecule is COc1ccc(CN(Cc2ccc(F)cc2)C(=O)c2cccc(F)c2)cc1OS(=O)(=O)c1ccc(F)cc1. The van der Waals surface area contributed by atoms with E-state index in [2.05, 4.69) is 0 Å². The summed E-state index contributed by atoms with van der Waals surface area (Å²) in [5, 5.41) is 0. The zero-order chi connectivity index (χ0) is 27.3. The Morgan fingerprint density at radius 3 is 1.97 bits per heavy atom. The van der Waals surface area contributed by atoms with Crippen LogP contribution in [0.2, 0.25) is 0 Å². The molecule has 0 radical (unpaired) electrons. The number of benzene rings is 4. The molecule has 0 heterocycles. The fraction of sp³-hybridized carbons (Fsp3) is 0.107. The minimum Gasteiger partial charge on any atom is -0.493 e. The van der Waals surface area contributed by atoms with Crippen LogP contribution in [-0.4, -0.2) is 26.3 Å². The zero-order valence-corrected chi connectivity index (χ0v) is 20.9. The summed E-state index contributed by atoms with van der Waals surface area (Å²) in [6, 6.07) is 19.4. The fourth-order valence-corrected chi connectivity index (χ4v) is 4.62. The molecule has 0 fully saturated rings. The van der Waals surface area contributed by atoms with Crippen molar-refractivity contribution in [2.75, 3.05) is 7.11 Å². The number of nitrogens with zero attached hydrogens (tertiary/aromatic N) is 1. The maximum Gasteiger partial charge on any atom is 0.339 e. The summed E-state index contributed by atoms with van der Waals surface area (Å²) in [4.78, 5) is 14.5. The minimum atomic E-state index is -4.33. The molecular weight excluding hydrogens is 519 g/mol. The van der Waals surface area contributed by atoms with Gasteiger partial charge in [0, 0.05) is 18.7 Å². The van der Waals surface area contributed by atoms with Gasteiger partial charge in [-0.1, -0.05) is 24.3 Å². The van der Waals surface area contributed by atoms with Gasteiger partial charge in [0.05, 0.1) is 7.11 Å². The highest BCUT2D eigenvalue weighted by Gasteiger charge is 2.22. The molecule has 0 bridgehead atoms. The molecule has 38 heavy (non-hydrogen) atoms. The maximum absolute atomic E-state index is 13.8. The Morgan fingerprint density at radius 2 is 1.34 bits per heavy atom. The van der Waals surface area contributed by atoms with Gasteiger partial charge in [-0.15, -0.1) is 0 Å². The van der Waals surface area contributed by atoms with E-state index in [0.29, 0.717) is 11.1 Å². The van der Waals surface area contributed by atoms with E-state index in [0.717, 1.165) is 30.3 Å². The van der Waals surface area contributed by atoms with Crippen LogP contribution in [-0.2, 0) is 23.2 Å². The standard InChI is InChI=1S/C28H22F3NO5S/c1-36-26-14-7-20(15-27(26)37-38(34,35)25-12-10-23(30)11-13-25)18-32(17-19-5-8-22(29)9-6-19)28(33)21-3-2-4-24(31)16-21/h2-16H,17-18H2,1H3. The molecule has 0 saturated heterocycles. The van der Waals surface area contributed by atoms with Crippen LogP contribution in [0.1, 0.15) is 21.5 Å². The Kier molecular flexibility index (Phi) is 8.02. The average molecular weight is 542 g/mol. The summed E-state index contributed by atoms with van der Waals surface area (Å²) < 4.78 is 76.6. The third-order valence-electron chi connectivity index (χ3n) is 5.55. The molecule has 0 atom stereocenters. The van der Waals surface area contributed by atoms with Crippen molar-refractivity contribution >= 4 is 16.0 Å². The monoisotopic (exact) mass is 541 g/mol. The topological polar surface area (TPSA) is 72.9 Å². The molecule has 0 aliphatic carbocycles. The highest BCUT2D eigenvalue weighted by Crippen LogP contribution is 2.32. The number of carbonyl (C=O) groups excluding carboxylic acids is 1. The van der Waals surface area contributed by atoms with E-state index in [9.17, 15) is 26.4 Å². The molecule has 0 aliphatic heterocycles. The Hall–Kier alpha value is -4.31. The number of ether oxygens (including phenoxy) is 1. The first-order valence-corrected chi connectivity index (χ1v) is 12.7. The van der Waals surface area contributed by atoms with Gasteiger partial charge >= 0.3 is 10.1 Å². The fourth-order valence-electron chi connectivity index (χ4n) is 3.69. The van der Waals surface area contributed by atoms with Crippen molar-refractivity contribution in [3.63, 3.8) is 0 Å². The third-order valence-corrected chi connectivity index (χ3v) is 6.80. The number of hydrogen-bond donors (Lipinski definition) is 0. The molecule has 0 N–H and O–H groups in total. The molecule has 0 spiro atoms. The Bertz CT molecular complexity index is 1540. The molecule has 0 saturated carbocycles. The van der Waals surface area contributed by atoms with Gasteiger partial charge in [0.15, 0.2) is 11.5 Å². The third kappa shape index (κ3) is 6.51.